The molecule has 1 aromatic heterocycles. The summed E-state index contributed by atoms with van der Waals surface area (Å²) in [7, 11) is 1.63. The highest BCUT2D eigenvalue weighted by Gasteiger charge is 2.23. The molecule has 0 spiro atoms. The molecule has 1 heterocycles. The molecule has 0 aliphatic heterocycles. The molecule has 0 saturated carbocycles. The second-order valence-corrected chi connectivity index (χ2v) is 4.77. The fraction of sp³-hybridized carbons (Fsp3) is 0.250. The number of hydrogen-bond donors (Lipinski definition) is 1. The highest BCUT2D eigenvalue weighted by Crippen LogP contribution is 2.25. The number of nitrogens with zero attached hydrogens (tertiary/aromatic N) is 1. The van der Waals surface area contributed by atoms with Gasteiger partial charge < -0.3 is 9.67 Å². The second kappa shape index (κ2) is 5.74. The Morgan fingerprint density at radius 1 is 1.25 bits per heavy atom. The largest absolute Gasteiger partial charge is 0.477 e. The first-order valence-electron chi connectivity index (χ1n) is 6.53. The number of carboxylic acid groups (broad SMARTS) is 1. The lowest BCUT2D eigenvalue weighted by atomic mass is 9.89. The van der Waals surface area contributed by atoms with Gasteiger partial charge in [0.1, 0.15) is 5.69 Å². The fourth-order valence-corrected chi connectivity index (χ4v) is 2.37. The van der Waals surface area contributed by atoms with Crippen molar-refractivity contribution in [1.29, 1.82) is 0 Å². The van der Waals surface area contributed by atoms with Gasteiger partial charge in [0.2, 0.25) is 0 Å². The minimum atomic E-state index is -1.03. The third kappa shape index (κ3) is 2.64. The summed E-state index contributed by atoms with van der Waals surface area (Å²) in [5.41, 5.74) is 1.53. The zero-order chi connectivity index (χ0) is 14.7. The number of aromatic carboxylic acids is 1. The first-order chi connectivity index (χ1) is 9.54. The van der Waals surface area contributed by atoms with Crippen molar-refractivity contribution in [2.75, 3.05) is 0 Å². The number of carbonyl (C=O) groups is 2. The van der Waals surface area contributed by atoms with Gasteiger partial charge in [-0.2, -0.15) is 0 Å². The van der Waals surface area contributed by atoms with Gasteiger partial charge in [-0.25, -0.2) is 4.79 Å². The Hall–Kier alpha value is -2.36. The maximum atomic E-state index is 12.6. The van der Waals surface area contributed by atoms with Crippen LogP contribution in [0.1, 0.15) is 45.7 Å². The van der Waals surface area contributed by atoms with Gasteiger partial charge in [0, 0.05) is 24.7 Å². The quantitative estimate of drug-likeness (QED) is 0.850. The minimum absolute atomic E-state index is 0.0400. The number of benzene rings is 1. The van der Waals surface area contributed by atoms with E-state index in [-0.39, 0.29) is 17.4 Å². The molecule has 0 bridgehead atoms. The molecule has 20 heavy (non-hydrogen) atoms. The van der Waals surface area contributed by atoms with Crippen LogP contribution in [-0.4, -0.2) is 21.4 Å². The normalized spacial score (nSPS) is 12.1. The molecule has 0 fully saturated rings. The van der Waals surface area contributed by atoms with Crippen LogP contribution in [0.4, 0.5) is 0 Å². The van der Waals surface area contributed by atoms with Crippen molar-refractivity contribution in [3.05, 3.63) is 59.4 Å². The van der Waals surface area contributed by atoms with E-state index >= 15 is 0 Å². The van der Waals surface area contributed by atoms with Crippen LogP contribution in [-0.2, 0) is 7.05 Å². The molecule has 0 aliphatic rings. The van der Waals surface area contributed by atoms with E-state index in [0.29, 0.717) is 12.0 Å². The maximum absolute atomic E-state index is 12.6. The highest BCUT2D eigenvalue weighted by atomic mass is 16.4. The Bertz CT molecular complexity index is 628. The molecule has 1 unspecified atom stereocenters. The molecule has 2 rings (SSSR count). The van der Waals surface area contributed by atoms with Crippen molar-refractivity contribution in [3.63, 3.8) is 0 Å². The number of Topliss-reactive ketones (excluding diaryl/α,β-unsaturated/α-hetero) is 1. The summed E-state index contributed by atoms with van der Waals surface area (Å²) in [5, 5.41) is 9.04. The van der Waals surface area contributed by atoms with Crippen LogP contribution >= 0.6 is 0 Å². The van der Waals surface area contributed by atoms with Gasteiger partial charge in [0.05, 0.1) is 0 Å². The van der Waals surface area contributed by atoms with E-state index in [2.05, 4.69) is 0 Å². The smallest absolute Gasteiger partial charge is 0.352 e. The predicted octanol–water partition coefficient (Wildman–Crippen LogP) is 3.10. The topological polar surface area (TPSA) is 59.3 Å². The lowest BCUT2D eigenvalue weighted by molar-refractivity contribution is 0.0686. The van der Waals surface area contributed by atoms with Crippen molar-refractivity contribution >= 4 is 11.8 Å². The van der Waals surface area contributed by atoms with E-state index < -0.39 is 5.97 Å². The molecule has 1 aromatic carbocycles. The standard InChI is InChI=1S/C16H17NO3/c1-3-13(11-7-5-4-6-8-11)15(18)12-9-14(16(19)20)17(2)10-12/h4-10,13H,3H2,1-2H3,(H,19,20). The zero-order valence-electron chi connectivity index (χ0n) is 11.5. The summed E-state index contributed by atoms with van der Waals surface area (Å²) in [5.74, 6) is -1.30. The van der Waals surface area contributed by atoms with E-state index in [0.717, 1.165) is 5.56 Å². The maximum Gasteiger partial charge on any atom is 0.352 e. The second-order valence-electron chi connectivity index (χ2n) is 4.77. The molecule has 0 amide bonds. The van der Waals surface area contributed by atoms with Crippen LogP contribution in [0.5, 0.6) is 0 Å². The summed E-state index contributed by atoms with van der Waals surface area (Å²) in [6, 6.07) is 11.0. The molecule has 4 nitrogen and oxygen atoms in total. The first-order valence-corrected chi connectivity index (χ1v) is 6.53. The van der Waals surface area contributed by atoms with E-state index in [4.69, 9.17) is 5.11 Å². The van der Waals surface area contributed by atoms with Crippen molar-refractivity contribution in [2.45, 2.75) is 19.3 Å². The Labute approximate surface area is 117 Å². The molecule has 0 radical (unpaired) electrons. The number of carboxylic acids is 1. The Morgan fingerprint density at radius 3 is 2.40 bits per heavy atom. The van der Waals surface area contributed by atoms with Gasteiger partial charge in [-0.15, -0.1) is 0 Å². The fourth-order valence-electron chi connectivity index (χ4n) is 2.37. The molecular weight excluding hydrogens is 254 g/mol. The van der Waals surface area contributed by atoms with Gasteiger partial charge in [-0.3, -0.25) is 4.79 Å². The zero-order valence-corrected chi connectivity index (χ0v) is 11.5. The SMILES string of the molecule is CCC(C(=O)c1cc(C(=O)O)n(C)c1)c1ccccc1. The molecule has 2 aromatic rings. The van der Waals surface area contributed by atoms with Crippen molar-refractivity contribution in [2.24, 2.45) is 7.05 Å². The molecular formula is C16H17NO3. The van der Waals surface area contributed by atoms with Crippen LogP contribution in [0.3, 0.4) is 0 Å². The molecule has 0 aliphatic carbocycles. The number of aryl methyl sites for hydroxylation is 1. The number of ketones is 1. The lowest BCUT2D eigenvalue weighted by Crippen LogP contribution is -2.11. The Morgan fingerprint density at radius 2 is 1.90 bits per heavy atom. The highest BCUT2D eigenvalue weighted by molar-refractivity contribution is 6.02. The van der Waals surface area contributed by atoms with Crippen LogP contribution in [0.25, 0.3) is 0 Å². The monoisotopic (exact) mass is 271 g/mol. The molecule has 104 valence electrons. The van der Waals surface area contributed by atoms with E-state index in [1.54, 1.807) is 13.2 Å². The summed E-state index contributed by atoms with van der Waals surface area (Å²) in [6.45, 7) is 1.95. The lowest BCUT2D eigenvalue weighted by Gasteiger charge is -2.13. The first kappa shape index (κ1) is 14.1. The van der Waals surface area contributed by atoms with Crippen molar-refractivity contribution in [1.82, 2.24) is 4.57 Å². The van der Waals surface area contributed by atoms with Gasteiger partial charge in [0.25, 0.3) is 0 Å². The minimum Gasteiger partial charge on any atom is -0.477 e. The summed E-state index contributed by atoms with van der Waals surface area (Å²) >= 11 is 0. The van der Waals surface area contributed by atoms with E-state index in [1.165, 1.54) is 10.6 Å². The molecule has 1 N–H and O–H groups in total. The Balaban J connectivity index is 2.34. The number of hydrogen-bond acceptors (Lipinski definition) is 2. The van der Waals surface area contributed by atoms with Crippen LogP contribution in [0.15, 0.2) is 42.6 Å². The number of aromatic nitrogens is 1. The van der Waals surface area contributed by atoms with Crippen molar-refractivity contribution in [3.8, 4) is 0 Å². The molecule has 0 saturated heterocycles. The summed E-state index contributed by atoms with van der Waals surface area (Å²) < 4.78 is 1.47. The van der Waals surface area contributed by atoms with Crippen LogP contribution in [0.2, 0.25) is 0 Å². The molecule has 4 heteroatoms. The van der Waals surface area contributed by atoms with Gasteiger partial charge in [0.15, 0.2) is 5.78 Å². The van der Waals surface area contributed by atoms with Gasteiger partial charge in [-0.05, 0) is 18.1 Å². The van der Waals surface area contributed by atoms with Crippen LogP contribution in [0, 0.1) is 0 Å². The number of carbonyl (C=O) groups excluding carboxylic acids is 1. The number of rotatable bonds is 5. The summed E-state index contributed by atoms with van der Waals surface area (Å²) in [6.07, 6.45) is 2.26. The predicted molar refractivity (Wildman–Crippen MR) is 76.2 cm³/mol. The van der Waals surface area contributed by atoms with E-state index in [9.17, 15) is 9.59 Å². The molecule has 1 atom stereocenters. The third-order valence-electron chi connectivity index (χ3n) is 3.44. The third-order valence-corrected chi connectivity index (χ3v) is 3.44. The van der Waals surface area contributed by atoms with Gasteiger partial charge in [-0.1, -0.05) is 37.3 Å². The average Bonchev–Trinajstić information content (AvgIpc) is 2.83. The summed E-state index contributed by atoms with van der Waals surface area (Å²) in [4.78, 5) is 23.6. The van der Waals surface area contributed by atoms with E-state index in [1.807, 2.05) is 37.3 Å². The van der Waals surface area contributed by atoms with Crippen molar-refractivity contribution < 1.29 is 14.7 Å². The van der Waals surface area contributed by atoms with Crippen LogP contribution < -0.4 is 0 Å². The Kier molecular flexibility index (Phi) is 4.03. The average molecular weight is 271 g/mol. The van der Waals surface area contributed by atoms with Gasteiger partial charge >= 0.3 is 5.97 Å².